The molecule has 0 radical (unpaired) electrons. The van der Waals surface area contributed by atoms with E-state index in [1.54, 1.807) is 23.3 Å². The highest BCUT2D eigenvalue weighted by Crippen LogP contribution is 2.31. The van der Waals surface area contributed by atoms with Gasteiger partial charge in [-0.15, -0.1) is 11.3 Å². The van der Waals surface area contributed by atoms with Crippen LogP contribution in [-0.2, 0) is 9.53 Å². The second kappa shape index (κ2) is 8.56. The Balaban J connectivity index is 1.55. The Morgan fingerprint density at radius 3 is 2.59 bits per heavy atom. The fourth-order valence-electron chi connectivity index (χ4n) is 3.26. The highest BCUT2D eigenvalue weighted by atomic mass is 32.1. The summed E-state index contributed by atoms with van der Waals surface area (Å²) in [5, 5.41) is 0.843. The molecule has 2 heterocycles. The van der Waals surface area contributed by atoms with Gasteiger partial charge < -0.3 is 14.5 Å². The molecule has 158 valence electrons. The first-order valence-corrected chi connectivity index (χ1v) is 10.1. The minimum atomic E-state index is -4.55. The van der Waals surface area contributed by atoms with Crippen molar-refractivity contribution in [2.24, 2.45) is 5.92 Å². The molecule has 0 aliphatic carbocycles. The number of hydrogen-bond acceptors (Lipinski definition) is 5. The Morgan fingerprint density at radius 2 is 1.97 bits per heavy atom. The number of rotatable bonds is 4. The van der Waals surface area contributed by atoms with E-state index in [2.05, 4.69) is 9.72 Å². The van der Waals surface area contributed by atoms with Gasteiger partial charge in [-0.05, 0) is 31.9 Å². The smallest absolute Gasteiger partial charge is 0.422 e. The van der Waals surface area contributed by atoms with Crippen LogP contribution in [0.2, 0.25) is 0 Å². The quantitative estimate of drug-likeness (QED) is 0.730. The van der Waals surface area contributed by atoms with Crippen molar-refractivity contribution >= 4 is 33.6 Å². The zero-order valence-corrected chi connectivity index (χ0v) is 16.9. The van der Waals surface area contributed by atoms with Gasteiger partial charge in [-0.3, -0.25) is 4.79 Å². The second-order valence-corrected chi connectivity index (χ2v) is 8.14. The van der Waals surface area contributed by atoms with Gasteiger partial charge in [0, 0.05) is 26.1 Å². The minimum absolute atomic E-state index is 0.0555. The molecule has 0 N–H and O–H groups in total. The van der Waals surface area contributed by atoms with E-state index in [1.807, 2.05) is 31.2 Å². The Bertz CT molecular complexity index is 845. The van der Waals surface area contributed by atoms with E-state index in [-0.39, 0.29) is 31.0 Å². The number of aromatic nitrogens is 1. The van der Waals surface area contributed by atoms with Crippen LogP contribution in [-0.4, -0.2) is 59.7 Å². The standard InChI is InChI=1S/C19H22F3N3O3S/c1-12(16-23-14-5-3-4-6-15(14)29-16)24(2)17(26)13-7-9-25(10-8-13)18(27)28-11-19(20,21)22/h3-6,12-13H,7-11H2,1-2H3. The molecule has 1 aromatic heterocycles. The summed E-state index contributed by atoms with van der Waals surface area (Å²) in [6.07, 6.45) is -4.78. The number of nitrogens with zero attached hydrogens (tertiary/aromatic N) is 3. The lowest BCUT2D eigenvalue weighted by Crippen LogP contribution is -2.44. The molecule has 10 heteroatoms. The zero-order chi connectivity index (χ0) is 21.2. The number of ether oxygens (including phenoxy) is 1. The molecule has 1 saturated heterocycles. The number of amides is 2. The van der Waals surface area contributed by atoms with Gasteiger partial charge in [0.05, 0.1) is 16.3 Å². The first-order chi connectivity index (χ1) is 13.7. The van der Waals surface area contributed by atoms with Gasteiger partial charge >= 0.3 is 12.3 Å². The Morgan fingerprint density at radius 1 is 1.31 bits per heavy atom. The minimum Gasteiger partial charge on any atom is -0.440 e. The predicted octanol–water partition coefficient (Wildman–Crippen LogP) is 4.23. The molecule has 1 aliphatic heterocycles. The summed E-state index contributed by atoms with van der Waals surface area (Å²) in [6, 6.07) is 7.57. The molecule has 0 spiro atoms. The number of hydrogen-bond donors (Lipinski definition) is 0. The van der Waals surface area contributed by atoms with E-state index >= 15 is 0 Å². The van der Waals surface area contributed by atoms with Gasteiger partial charge in [0.1, 0.15) is 5.01 Å². The molecule has 0 bridgehead atoms. The largest absolute Gasteiger partial charge is 0.440 e. The van der Waals surface area contributed by atoms with Crippen LogP contribution in [0.5, 0.6) is 0 Å². The number of likely N-dealkylation sites (tertiary alicyclic amines) is 1. The van der Waals surface area contributed by atoms with Crippen LogP contribution in [0, 0.1) is 5.92 Å². The maximum atomic E-state index is 12.9. The van der Waals surface area contributed by atoms with Gasteiger partial charge in [-0.25, -0.2) is 9.78 Å². The number of benzene rings is 1. The molecule has 6 nitrogen and oxygen atoms in total. The van der Waals surface area contributed by atoms with Crippen LogP contribution in [0.4, 0.5) is 18.0 Å². The van der Waals surface area contributed by atoms with Gasteiger partial charge in [0.2, 0.25) is 5.91 Å². The fraction of sp³-hybridized carbons (Fsp3) is 0.526. The molecule has 1 atom stereocenters. The van der Waals surface area contributed by atoms with Crippen molar-refractivity contribution in [3.63, 3.8) is 0 Å². The number of carbonyl (C=O) groups is 2. The topological polar surface area (TPSA) is 62.7 Å². The molecular weight excluding hydrogens is 407 g/mol. The Labute approximate surface area is 170 Å². The van der Waals surface area contributed by atoms with Crippen LogP contribution in [0.1, 0.15) is 30.8 Å². The van der Waals surface area contributed by atoms with Crippen LogP contribution in [0.3, 0.4) is 0 Å². The number of carbonyl (C=O) groups excluding carboxylic acids is 2. The summed E-state index contributed by atoms with van der Waals surface area (Å²) < 4.78 is 41.8. The first-order valence-electron chi connectivity index (χ1n) is 9.26. The van der Waals surface area contributed by atoms with Crippen LogP contribution in [0.15, 0.2) is 24.3 Å². The van der Waals surface area contributed by atoms with E-state index in [0.717, 1.165) is 15.2 Å². The normalized spacial score (nSPS) is 16.7. The summed E-state index contributed by atoms with van der Waals surface area (Å²) in [7, 11) is 1.73. The van der Waals surface area contributed by atoms with E-state index in [0.29, 0.717) is 12.8 Å². The number of piperidine rings is 1. The van der Waals surface area contributed by atoms with E-state index in [1.165, 1.54) is 4.90 Å². The lowest BCUT2D eigenvalue weighted by Gasteiger charge is -2.34. The summed E-state index contributed by atoms with van der Waals surface area (Å²) in [6.45, 7) is 0.694. The third kappa shape index (κ3) is 5.17. The highest BCUT2D eigenvalue weighted by molar-refractivity contribution is 7.18. The van der Waals surface area contributed by atoms with E-state index in [9.17, 15) is 22.8 Å². The SMILES string of the molecule is CC(c1nc2ccccc2s1)N(C)C(=O)C1CCN(C(=O)OCC(F)(F)F)CC1. The molecule has 2 aromatic rings. The van der Waals surface area contributed by atoms with Crippen molar-refractivity contribution in [2.45, 2.75) is 32.0 Å². The zero-order valence-electron chi connectivity index (χ0n) is 16.1. The van der Waals surface area contributed by atoms with Crippen molar-refractivity contribution in [2.75, 3.05) is 26.7 Å². The van der Waals surface area contributed by atoms with E-state index in [4.69, 9.17) is 0 Å². The number of para-hydroxylation sites is 1. The predicted molar refractivity (Wildman–Crippen MR) is 103 cm³/mol. The van der Waals surface area contributed by atoms with Crippen molar-refractivity contribution in [1.82, 2.24) is 14.8 Å². The average molecular weight is 429 g/mol. The average Bonchev–Trinajstić information content (AvgIpc) is 3.14. The molecule has 3 rings (SSSR count). The molecule has 1 aromatic carbocycles. The molecule has 1 fully saturated rings. The number of halogens is 3. The monoisotopic (exact) mass is 429 g/mol. The fourth-order valence-corrected chi connectivity index (χ4v) is 4.32. The van der Waals surface area contributed by atoms with Gasteiger partial charge in [-0.2, -0.15) is 13.2 Å². The third-order valence-electron chi connectivity index (χ3n) is 5.06. The molecular formula is C19H22F3N3O3S. The van der Waals surface area contributed by atoms with Gasteiger partial charge in [-0.1, -0.05) is 12.1 Å². The highest BCUT2D eigenvalue weighted by Gasteiger charge is 2.34. The molecule has 0 saturated carbocycles. The number of thiazole rings is 1. The lowest BCUT2D eigenvalue weighted by atomic mass is 9.95. The summed E-state index contributed by atoms with van der Waals surface area (Å²) >= 11 is 1.54. The molecule has 2 amide bonds. The maximum absolute atomic E-state index is 12.9. The maximum Gasteiger partial charge on any atom is 0.422 e. The van der Waals surface area contributed by atoms with Crippen molar-refractivity contribution < 1.29 is 27.5 Å². The summed E-state index contributed by atoms with van der Waals surface area (Å²) in [5.41, 5.74) is 0.894. The Kier molecular flexibility index (Phi) is 6.30. The van der Waals surface area contributed by atoms with Crippen molar-refractivity contribution in [3.05, 3.63) is 29.3 Å². The van der Waals surface area contributed by atoms with Crippen LogP contribution >= 0.6 is 11.3 Å². The summed E-state index contributed by atoms with van der Waals surface area (Å²) in [4.78, 5) is 32.1. The molecule has 29 heavy (non-hydrogen) atoms. The second-order valence-electron chi connectivity index (χ2n) is 7.08. The van der Waals surface area contributed by atoms with Crippen LogP contribution in [0.25, 0.3) is 10.2 Å². The van der Waals surface area contributed by atoms with Crippen molar-refractivity contribution in [1.29, 1.82) is 0 Å². The Hall–Kier alpha value is -2.36. The van der Waals surface area contributed by atoms with E-state index < -0.39 is 18.9 Å². The molecule has 1 aliphatic rings. The first kappa shape index (κ1) is 21.4. The van der Waals surface area contributed by atoms with Crippen LogP contribution < -0.4 is 0 Å². The third-order valence-corrected chi connectivity index (χ3v) is 6.26. The molecule has 1 unspecified atom stereocenters. The van der Waals surface area contributed by atoms with Crippen molar-refractivity contribution in [3.8, 4) is 0 Å². The number of fused-ring (bicyclic) bond motifs is 1. The summed E-state index contributed by atoms with van der Waals surface area (Å²) in [5.74, 6) is -0.344. The van der Waals surface area contributed by atoms with Gasteiger partial charge in [0.15, 0.2) is 6.61 Å². The number of alkyl halides is 3. The van der Waals surface area contributed by atoms with Gasteiger partial charge in [0.25, 0.3) is 0 Å². The lowest BCUT2D eigenvalue weighted by molar-refractivity contribution is -0.162.